The fourth-order valence-corrected chi connectivity index (χ4v) is 4.52. The number of rotatable bonds is 6. The van der Waals surface area contributed by atoms with Crippen LogP contribution in [0.25, 0.3) is 17.0 Å². The SMILES string of the molecule is CC(CNC(=O)C1CCN(c2ccc3nnc(-c4ccc(Cl)cc4)n3n2)CC1)c1ccccc1. The molecular weight excluding hydrogens is 448 g/mol. The standard InChI is InChI=1S/C26H27ClN6O/c1-18(19-5-3-2-4-6-19)17-28-26(34)21-13-15-32(16-14-21)24-12-11-23-29-30-25(33(23)31-24)20-7-9-22(27)10-8-20/h2-12,18,21H,13-17H2,1H3,(H,28,34). The van der Waals surface area contributed by atoms with Crippen LogP contribution in [0.4, 0.5) is 5.82 Å². The Morgan fingerprint density at radius 1 is 1.03 bits per heavy atom. The molecule has 34 heavy (non-hydrogen) atoms. The van der Waals surface area contributed by atoms with Crippen LogP contribution in [0, 0.1) is 5.92 Å². The van der Waals surface area contributed by atoms with E-state index in [4.69, 9.17) is 16.7 Å². The summed E-state index contributed by atoms with van der Waals surface area (Å²) in [4.78, 5) is 15.0. The van der Waals surface area contributed by atoms with Crippen LogP contribution in [0.2, 0.25) is 5.02 Å². The molecule has 5 rings (SSSR count). The van der Waals surface area contributed by atoms with Gasteiger partial charge in [-0.1, -0.05) is 48.9 Å². The second-order valence-corrected chi connectivity index (χ2v) is 9.25. The molecule has 0 aliphatic carbocycles. The summed E-state index contributed by atoms with van der Waals surface area (Å²) >= 11 is 6.02. The van der Waals surface area contributed by atoms with Crippen molar-refractivity contribution in [3.05, 3.63) is 77.3 Å². The maximum absolute atomic E-state index is 12.8. The first kappa shape index (κ1) is 22.3. The largest absolute Gasteiger partial charge is 0.355 e. The summed E-state index contributed by atoms with van der Waals surface area (Å²) in [7, 11) is 0. The first-order chi connectivity index (χ1) is 16.6. The monoisotopic (exact) mass is 474 g/mol. The molecule has 2 aromatic heterocycles. The number of benzene rings is 2. The van der Waals surface area contributed by atoms with Crippen LogP contribution in [0.5, 0.6) is 0 Å². The Labute approximate surface area is 203 Å². The molecule has 0 saturated carbocycles. The second-order valence-electron chi connectivity index (χ2n) is 8.81. The van der Waals surface area contributed by atoms with E-state index in [1.165, 1.54) is 5.56 Å². The normalized spacial score (nSPS) is 15.4. The van der Waals surface area contributed by atoms with Crippen molar-refractivity contribution in [3.8, 4) is 11.4 Å². The molecule has 1 aliphatic rings. The van der Waals surface area contributed by atoms with Gasteiger partial charge in [-0.05, 0) is 60.7 Å². The van der Waals surface area contributed by atoms with E-state index in [1.807, 2.05) is 54.6 Å². The number of hydrogen-bond donors (Lipinski definition) is 1. The lowest BCUT2D eigenvalue weighted by Crippen LogP contribution is -2.41. The minimum absolute atomic E-state index is 0.0301. The maximum atomic E-state index is 12.8. The summed E-state index contributed by atoms with van der Waals surface area (Å²) in [5.41, 5.74) is 2.84. The van der Waals surface area contributed by atoms with Gasteiger partial charge in [0.05, 0.1) is 0 Å². The molecule has 1 fully saturated rings. The van der Waals surface area contributed by atoms with Crippen molar-refractivity contribution in [1.82, 2.24) is 25.1 Å². The molecule has 0 bridgehead atoms. The highest BCUT2D eigenvalue weighted by atomic mass is 35.5. The Bertz CT molecular complexity index is 1270. The lowest BCUT2D eigenvalue weighted by Gasteiger charge is -2.32. The van der Waals surface area contributed by atoms with E-state index in [0.717, 1.165) is 37.3 Å². The first-order valence-corrected chi connectivity index (χ1v) is 12.0. The third kappa shape index (κ3) is 4.75. The van der Waals surface area contributed by atoms with Gasteiger partial charge in [-0.3, -0.25) is 4.79 Å². The Balaban J connectivity index is 1.21. The predicted octanol–water partition coefficient (Wildman–Crippen LogP) is 4.58. The number of fused-ring (bicyclic) bond motifs is 1. The summed E-state index contributed by atoms with van der Waals surface area (Å²) in [5, 5.41) is 17.2. The van der Waals surface area contributed by atoms with E-state index in [9.17, 15) is 4.79 Å². The maximum Gasteiger partial charge on any atom is 0.223 e. The number of nitrogens with zero attached hydrogens (tertiary/aromatic N) is 5. The summed E-state index contributed by atoms with van der Waals surface area (Å²) in [6.07, 6.45) is 1.61. The quantitative estimate of drug-likeness (QED) is 0.442. The Hall–Kier alpha value is -3.45. The number of piperidine rings is 1. The van der Waals surface area contributed by atoms with Crippen LogP contribution in [-0.4, -0.2) is 45.4 Å². The van der Waals surface area contributed by atoms with Crippen LogP contribution >= 0.6 is 11.6 Å². The highest BCUT2D eigenvalue weighted by molar-refractivity contribution is 6.30. The van der Waals surface area contributed by atoms with Gasteiger partial charge in [0.1, 0.15) is 5.82 Å². The van der Waals surface area contributed by atoms with Gasteiger partial charge in [0.15, 0.2) is 11.5 Å². The van der Waals surface area contributed by atoms with Crippen molar-refractivity contribution < 1.29 is 4.79 Å². The number of nitrogens with one attached hydrogen (secondary N) is 1. The van der Waals surface area contributed by atoms with Crippen molar-refractivity contribution in [2.24, 2.45) is 5.92 Å². The van der Waals surface area contributed by atoms with Gasteiger partial charge in [0.2, 0.25) is 5.91 Å². The highest BCUT2D eigenvalue weighted by Crippen LogP contribution is 2.25. The third-order valence-corrected chi connectivity index (χ3v) is 6.74. The molecule has 3 heterocycles. The van der Waals surface area contributed by atoms with E-state index in [-0.39, 0.29) is 11.8 Å². The lowest BCUT2D eigenvalue weighted by atomic mass is 9.95. The number of carbonyl (C=O) groups excluding carboxylic acids is 1. The molecule has 4 aromatic rings. The van der Waals surface area contributed by atoms with E-state index in [1.54, 1.807) is 4.52 Å². The average molecular weight is 475 g/mol. The van der Waals surface area contributed by atoms with Crippen molar-refractivity contribution in [3.63, 3.8) is 0 Å². The van der Waals surface area contributed by atoms with E-state index in [2.05, 4.69) is 39.5 Å². The highest BCUT2D eigenvalue weighted by Gasteiger charge is 2.26. The number of anilines is 1. The average Bonchev–Trinajstić information content (AvgIpc) is 3.31. The zero-order chi connectivity index (χ0) is 23.5. The van der Waals surface area contributed by atoms with E-state index < -0.39 is 0 Å². The second kappa shape index (κ2) is 9.81. The smallest absolute Gasteiger partial charge is 0.223 e. The molecule has 2 aromatic carbocycles. The number of hydrogen-bond acceptors (Lipinski definition) is 5. The van der Waals surface area contributed by atoms with E-state index >= 15 is 0 Å². The van der Waals surface area contributed by atoms with Gasteiger partial charge in [-0.15, -0.1) is 15.3 Å². The number of aromatic nitrogens is 4. The minimum Gasteiger partial charge on any atom is -0.355 e. The van der Waals surface area contributed by atoms with Crippen LogP contribution in [-0.2, 0) is 4.79 Å². The molecule has 0 spiro atoms. The Morgan fingerprint density at radius 3 is 2.50 bits per heavy atom. The van der Waals surface area contributed by atoms with Crippen molar-refractivity contribution in [2.75, 3.05) is 24.5 Å². The summed E-state index contributed by atoms with van der Waals surface area (Å²) < 4.78 is 1.77. The van der Waals surface area contributed by atoms with Gasteiger partial charge in [0.25, 0.3) is 0 Å². The van der Waals surface area contributed by atoms with Crippen LogP contribution in [0.3, 0.4) is 0 Å². The van der Waals surface area contributed by atoms with Crippen LogP contribution in [0.1, 0.15) is 31.2 Å². The summed E-state index contributed by atoms with van der Waals surface area (Å²) in [6, 6.07) is 21.7. The van der Waals surface area contributed by atoms with Crippen LogP contribution in [0.15, 0.2) is 66.7 Å². The van der Waals surface area contributed by atoms with Gasteiger partial charge in [-0.25, -0.2) is 0 Å². The molecule has 1 unspecified atom stereocenters. The zero-order valence-electron chi connectivity index (χ0n) is 19.1. The molecular formula is C26H27ClN6O. The molecule has 1 aliphatic heterocycles. The van der Waals surface area contributed by atoms with E-state index in [0.29, 0.717) is 29.0 Å². The van der Waals surface area contributed by atoms with Crippen molar-refractivity contribution >= 4 is 29.0 Å². The minimum atomic E-state index is 0.0301. The topological polar surface area (TPSA) is 75.4 Å². The molecule has 1 atom stereocenters. The molecule has 1 saturated heterocycles. The van der Waals surface area contributed by atoms with Gasteiger partial charge in [0, 0.05) is 36.1 Å². The van der Waals surface area contributed by atoms with Gasteiger partial charge in [-0.2, -0.15) is 4.52 Å². The third-order valence-electron chi connectivity index (χ3n) is 6.49. The fourth-order valence-electron chi connectivity index (χ4n) is 4.40. The zero-order valence-corrected chi connectivity index (χ0v) is 19.8. The molecule has 7 nitrogen and oxygen atoms in total. The Morgan fingerprint density at radius 2 is 1.76 bits per heavy atom. The van der Waals surface area contributed by atoms with Gasteiger partial charge >= 0.3 is 0 Å². The number of carbonyl (C=O) groups is 1. The van der Waals surface area contributed by atoms with Gasteiger partial charge < -0.3 is 10.2 Å². The number of halogens is 1. The summed E-state index contributed by atoms with van der Waals surface area (Å²) in [6.45, 7) is 4.36. The van der Waals surface area contributed by atoms with Crippen molar-refractivity contribution in [1.29, 1.82) is 0 Å². The first-order valence-electron chi connectivity index (χ1n) is 11.6. The predicted molar refractivity (Wildman–Crippen MR) is 134 cm³/mol. The molecule has 174 valence electrons. The fraction of sp³-hybridized carbons (Fsp3) is 0.308. The van der Waals surface area contributed by atoms with Crippen molar-refractivity contribution in [2.45, 2.75) is 25.7 Å². The molecule has 8 heteroatoms. The van der Waals surface area contributed by atoms with Crippen LogP contribution < -0.4 is 10.2 Å². The summed E-state index contributed by atoms with van der Waals surface area (Å²) in [5.74, 6) is 2.01. The number of amides is 1. The lowest BCUT2D eigenvalue weighted by molar-refractivity contribution is -0.125. The molecule has 1 amide bonds. The Kier molecular flexibility index (Phi) is 6.45. The molecule has 1 N–H and O–H groups in total. The molecule has 0 radical (unpaired) electrons.